The van der Waals surface area contributed by atoms with Crippen LogP contribution in [0.25, 0.3) is 0 Å². The summed E-state index contributed by atoms with van der Waals surface area (Å²) in [6.45, 7) is 20.5. The first-order valence-electron chi connectivity index (χ1n) is 19.9. The summed E-state index contributed by atoms with van der Waals surface area (Å²) in [5, 5.41) is 28.0. The Morgan fingerprint density at radius 1 is 0.762 bits per heavy atom. The van der Waals surface area contributed by atoms with Crippen LogP contribution in [0.1, 0.15) is 93.2 Å². The monoisotopic (exact) mass is 956 g/mol. The quantitative estimate of drug-likeness (QED) is 0.182. The molecule has 0 bridgehead atoms. The number of carbonyl (C=O) groups excluding carboxylic acids is 2. The molecule has 4 fully saturated rings. The van der Waals surface area contributed by atoms with E-state index < -0.39 is 77.3 Å². The van der Waals surface area contributed by atoms with Crippen LogP contribution < -0.4 is 0 Å². The molecule has 0 radical (unpaired) electrons. The summed E-state index contributed by atoms with van der Waals surface area (Å²) in [5.74, 6) is -2.92. The van der Waals surface area contributed by atoms with Crippen molar-refractivity contribution < 1.29 is 59.4 Å². The van der Waals surface area contributed by atoms with Gasteiger partial charge in [0.05, 0.1) is 17.5 Å². The van der Waals surface area contributed by atoms with Crippen molar-refractivity contribution in [3.05, 3.63) is 70.8 Å². The van der Waals surface area contributed by atoms with Crippen molar-refractivity contribution in [2.24, 2.45) is 11.8 Å². The normalized spacial score (nSPS) is 23.5. The van der Waals surface area contributed by atoms with Gasteiger partial charge in [0, 0.05) is 76.4 Å². The number of ether oxygens (including phenoxy) is 3. The molecule has 6 atom stereocenters. The molecule has 2 heterocycles. The number of aliphatic hydroxyl groups excluding tert-OH is 1. The number of nitrogens with zero attached hydrogens (tertiary/aromatic N) is 4. The number of halogens is 9. The molecule has 63 heavy (non-hydrogen) atoms. The predicted octanol–water partition coefficient (Wildman–Crippen LogP) is 9.57. The van der Waals surface area contributed by atoms with Crippen LogP contribution in [-0.2, 0) is 25.0 Å². The van der Waals surface area contributed by atoms with Crippen molar-refractivity contribution in [1.29, 1.82) is 10.5 Å². The maximum absolute atomic E-state index is 13.5. The molecule has 352 valence electrons. The molecule has 2 aliphatic carbocycles. The lowest BCUT2D eigenvalue weighted by atomic mass is 9.94. The Bertz CT molecular complexity index is 1870. The number of nitriles is 2. The molecule has 6 unspecified atom stereocenters. The van der Waals surface area contributed by atoms with E-state index >= 15 is 0 Å². The molecule has 2 aromatic rings. The topological polar surface area (TPSA) is 136 Å². The van der Waals surface area contributed by atoms with Gasteiger partial charge in [-0.05, 0) is 104 Å². The number of carbonyl (C=O) groups is 2. The summed E-state index contributed by atoms with van der Waals surface area (Å²) < 4.78 is 98.3. The highest BCUT2D eigenvalue weighted by Crippen LogP contribution is 2.63. The van der Waals surface area contributed by atoms with E-state index in [1.54, 1.807) is 41.5 Å². The number of amides is 2. The average Bonchev–Trinajstić information content (AvgIpc) is 3.99. The number of piperidine rings is 2. The number of hydrogen-bond donors (Lipinski definition) is 1. The van der Waals surface area contributed by atoms with Crippen molar-refractivity contribution in [3.63, 3.8) is 0 Å². The lowest BCUT2D eigenvalue weighted by Crippen LogP contribution is -2.42. The van der Waals surface area contributed by atoms with E-state index in [9.17, 15) is 50.5 Å². The first-order chi connectivity index (χ1) is 28.9. The van der Waals surface area contributed by atoms with Gasteiger partial charge in [-0.15, -0.1) is 23.2 Å². The van der Waals surface area contributed by atoms with Gasteiger partial charge in [0.1, 0.15) is 46.7 Å². The third kappa shape index (κ3) is 18.0. The van der Waals surface area contributed by atoms with Crippen LogP contribution in [0.4, 0.5) is 40.1 Å². The van der Waals surface area contributed by atoms with Crippen molar-refractivity contribution in [2.75, 3.05) is 31.6 Å². The minimum atomic E-state index is -3.67. The van der Waals surface area contributed by atoms with Crippen LogP contribution in [0.3, 0.4) is 0 Å². The third-order valence-electron chi connectivity index (χ3n) is 9.58. The van der Waals surface area contributed by atoms with Crippen LogP contribution in [0.5, 0.6) is 0 Å². The summed E-state index contributed by atoms with van der Waals surface area (Å²) in [4.78, 5) is 27.1. The zero-order chi connectivity index (χ0) is 48.9. The molecular formula is C42H58BCl2F7N4O6Si. The first kappa shape index (κ1) is 57.3. The maximum atomic E-state index is 13.5. The number of hydrogen-bond acceptors (Lipinski definition) is 8. The third-order valence-corrected chi connectivity index (χ3v) is 9.80. The average molecular weight is 958 g/mol. The predicted molar refractivity (Wildman–Crippen MR) is 231 cm³/mol. The number of alkyl halides is 2. The van der Waals surface area contributed by atoms with Crippen molar-refractivity contribution in [3.8, 4) is 12.1 Å². The summed E-state index contributed by atoms with van der Waals surface area (Å²) in [7, 11) is -2.70. The minimum absolute atomic E-state index is 0.0139. The van der Waals surface area contributed by atoms with Crippen molar-refractivity contribution in [2.45, 2.75) is 121 Å². The van der Waals surface area contributed by atoms with Gasteiger partial charge in [0.25, 0.3) is 0 Å². The zero-order valence-electron chi connectivity index (χ0n) is 37.5. The fraction of sp³-hybridized carbons (Fsp3) is 0.619. The number of rotatable bonds is 4. The summed E-state index contributed by atoms with van der Waals surface area (Å²) in [6, 6.07) is 10.4. The van der Waals surface area contributed by atoms with E-state index in [4.69, 9.17) is 42.7 Å². The highest BCUT2D eigenvalue weighted by atomic mass is 35.5. The van der Waals surface area contributed by atoms with Crippen molar-refractivity contribution in [1.82, 2.24) is 9.80 Å². The zero-order valence-corrected chi connectivity index (χ0v) is 41.0. The smallest absolute Gasteiger partial charge is 0.444 e. The molecular weight excluding hydrogens is 899 g/mol. The van der Waals surface area contributed by atoms with E-state index in [1.165, 1.54) is 34.1 Å². The number of likely N-dealkylation sites (tertiary alicyclic amines) is 2. The molecule has 4 aliphatic rings. The molecule has 2 saturated carbocycles. The van der Waals surface area contributed by atoms with Crippen LogP contribution in [0, 0.1) is 57.8 Å². The molecule has 2 aliphatic heterocycles. The Morgan fingerprint density at radius 3 is 1.38 bits per heavy atom. The maximum Gasteiger partial charge on any atom is 0.762 e. The SMILES string of the molecule is CC(C)(C)OC(=O)N1CC2(c3cc(F)cc(F)c3)CC2C1C#N.CC(C)(C)OC(=O)N1CC2(c3cc(F)cc(F)c3)CC2C1O.CC(C)([SiH3])C#N.CCOCC.ClCCl.FB(F)F. The molecule has 2 saturated heterocycles. The standard InChI is InChI=1S/C17H18F2N2O2.C16H19F2NO3.C4H9NSi.C4H10O.CH2Cl2.BF3/c1-16(2,3)23-15(22)21-9-17(7-13(17)14(21)8-20)10-4-11(18)6-12(19)5-10;1-15(2,3)22-14(21)19-8-16(7-12(16)13(19)20)9-4-10(17)6-11(18)5-9;1-4(2,6)3-5;1-3-5-4-2;2-1-3;2-1(3)4/h4-6,13-14H,7,9H2,1-3H3;4-6,12-13,20H,7-8H2,1-3H3;1-2,6H3;3-4H2,1-2H3;1H2;. The molecule has 10 nitrogen and oxygen atoms in total. The van der Waals surface area contributed by atoms with Crippen LogP contribution in [-0.4, -0.2) is 100.0 Å². The molecule has 2 aromatic carbocycles. The van der Waals surface area contributed by atoms with Gasteiger partial charge >= 0.3 is 19.7 Å². The van der Waals surface area contributed by atoms with Crippen LogP contribution >= 0.6 is 23.2 Å². The molecule has 21 heteroatoms. The lowest BCUT2D eigenvalue weighted by molar-refractivity contribution is -0.0235. The van der Waals surface area contributed by atoms with Gasteiger partial charge in [-0.2, -0.15) is 10.5 Å². The van der Waals surface area contributed by atoms with Crippen molar-refractivity contribution >= 4 is 53.2 Å². The van der Waals surface area contributed by atoms with E-state index in [1.807, 2.05) is 27.7 Å². The van der Waals surface area contributed by atoms with Crippen LogP contribution in [0.15, 0.2) is 36.4 Å². The Balaban J connectivity index is 0.000000457. The molecule has 2 amide bonds. The molecule has 1 N–H and O–H groups in total. The van der Waals surface area contributed by atoms with Crippen LogP contribution in [0.2, 0.25) is 5.04 Å². The summed E-state index contributed by atoms with van der Waals surface area (Å²) in [6.07, 6.45) is -0.902. The fourth-order valence-corrected chi connectivity index (χ4v) is 6.95. The van der Waals surface area contributed by atoms with Gasteiger partial charge in [-0.1, -0.05) is 13.8 Å². The summed E-state index contributed by atoms with van der Waals surface area (Å²) >= 11 is 9.53. The van der Waals surface area contributed by atoms with E-state index in [2.05, 4.69) is 12.1 Å². The first-order valence-corrected chi connectivity index (χ1v) is 22.0. The number of benzene rings is 2. The Kier molecular flexibility index (Phi) is 21.8. The fourth-order valence-electron chi connectivity index (χ4n) is 6.95. The van der Waals surface area contributed by atoms with Gasteiger partial charge < -0.3 is 19.3 Å². The number of aliphatic hydroxyl groups is 1. The molecule has 0 spiro atoms. The second-order valence-electron chi connectivity index (χ2n) is 17.9. The highest BCUT2D eigenvalue weighted by Gasteiger charge is 2.68. The van der Waals surface area contributed by atoms with Gasteiger partial charge in [-0.3, -0.25) is 22.7 Å². The van der Waals surface area contributed by atoms with E-state index in [-0.39, 0.29) is 35.3 Å². The number of fused-ring (bicyclic) bond motifs is 2. The Hall–Kier alpha value is -3.75. The lowest BCUT2D eigenvalue weighted by Gasteiger charge is -2.28. The van der Waals surface area contributed by atoms with Gasteiger partial charge in [-0.25, -0.2) is 27.2 Å². The second-order valence-corrected chi connectivity index (χ2v) is 21.3. The highest BCUT2D eigenvalue weighted by molar-refractivity contribution is 6.40. The summed E-state index contributed by atoms with van der Waals surface area (Å²) in [5.41, 5.74) is -1.45. The molecule has 6 rings (SSSR count). The van der Waals surface area contributed by atoms with E-state index in [0.29, 0.717) is 24.0 Å². The van der Waals surface area contributed by atoms with E-state index in [0.717, 1.165) is 35.6 Å². The van der Waals surface area contributed by atoms with Gasteiger partial charge in [0.15, 0.2) is 0 Å². The Morgan fingerprint density at radius 2 is 1.08 bits per heavy atom. The largest absolute Gasteiger partial charge is 0.762 e. The molecule has 0 aromatic heterocycles. The Labute approximate surface area is 379 Å². The van der Waals surface area contributed by atoms with Gasteiger partial charge in [0.2, 0.25) is 0 Å². The second kappa shape index (κ2) is 24.0. The minimum Gasteiger partial charge on any atom is -0.444 e.